The summed E-state index contributed by atoms with van der Waals surface area (Å²) < 4.78 is 4.75. The Kier molecular flexibility index (Phi) is 3.41. The van der Waals surface area contributed by atoms with E-state index in [-0.39, 0.29) is 11.9 Å². The van der Waals surface area contributed by atoms with E-state index in [9.17, 15) is 4.79 Å². The molecular formula is C11H16N4O2. The number of nitrogen functional groups attached to an aromatic ring is 1. The van der Waals surface area contributed by atoms with Crippen LogP contribution in [0.3, 0.4) is 0 Å². The van der Waals surface area contributed by atoms with Gasteiger partial charge in [0, 0.05) is 19.2 Å². The fourth-order valence-corrected chi connectivity index (χ4v) is 2.05. The van der Waals surface area contributed by atoms with Gasteiger partial charge in [0.2, 0.25) is 0 Å². The van der Waals surface area contributed by atoms with Crippen LogP contribution >= 0.6 is 0 Å². The molecular weight excluding hydrogens is 220 g/mol. The first-order valence-electron chi connectivity index (χ1n) is 5.61. The predicted octanol–water partition coefficient (Wildman–Crippen LogP) is 0.448. The summed E-state index contributed by atoms with van der Waals surface area (Å²) in [4.78, 5) is 21.5. The highest BCUT2D eigenvalue weighted by atomic mass is 16.5. The van der Waals surface area contributed by atoms with Crippen molar-refractivity contribution in [1.82, 2.24) is 9.97 Å². The van der Waals surface area contributed by atoms with Crippen LogP contribution in [-0.2, 0) is 9.53 Å². The first-order valence-corrected chi connectivity index (χ1v) is 5.61. The number of anilines is 2. The number of esters is 1. The summed E-state index contributed by atoms with van der Waals surface area (Å²) in [6, 6.07) is 1.75. The van der Waals surface area contributed by atoms with Gasteiger partial charge < -0.3 is 15.4 Å². The summed E-state index contributed by atoms with van der Waals surface area (Å²) in [6.07, 6.45) is 3.03. The Morgan fingerprint density at radius 2 is 2.18 bits per heavy atom. The van der Waals surface area contributed by atoms with Crippen molar-refractivity contribution in [3.8, 4) is 0 Å². The lowest BCUT2D eigenvalue weighted by Gasteiger charge is -2.31. The maximum Gasteiger partial charge on any atom is 0.308 e. The topological polar surface area (TPSA) is 81.3 Å². The van der Waals surface area contributed by atoms with E-state index in [1.54, 1.807) is 6.07 Å². The highest BCUT2D eigenvalue weighted by Crippen LogP contribution is 2.22. The number of aromatic nitrogens is 2. The van der Waals surface area contributed by atoms with Gasteiger partial charge in [-0.1, -0.05) is 0 Å². The lowest BCUT2D eigenvalue weighted by atomic mass is 9.97. The standard InChI is InChI=1S/C11H16N4O2/c1-17-11(16)8-2-4-15(5-3-8)10-6-9(12)13-7-14-10/h6-8H,2-5H2,1H3,(H2,12,13,14). The number of carbonyl (C=O) groups is 1. The number of hydrogen-bond acceptors (Lipinski definition) is 6. The smallest absolute Gasteiger partial charge is 0.308 e. The van der Waals surface area contributed by atoms with Gasteiger partial charge in [0.15, 0.2) is 0 Å². The molecule has 0 atom stereocenters. The van der Waals surface area contributed by atoms with Crippen molar-refractivity contribution in [2.45, 2.75) is 12.8 Å². The Balaban J connectivity index is 1.97. The van der Waals surface area contributed by atoms with Crippen LogP contribution in [0.4, 0.5) is 11.6 Å². The Morgan fingerprint density at radius 3 is 2.76 bits per heavy atom. The van der Waals surface area contributed by atoms with Crippen LogP contribution in [0.1, 0.15) is 12.8 Å². The van der Waals surface area contributed by atoms with Crippen LogP contribution in [-0.4, -0.2) is 36.1 Å². The number of hydrogen-bond donors (Lipinski definition) is 1. The molecule has 0 aliphatic carbocycles. The molecule has 6 nitrogen and oxygen atoms in total. The number of ether oxygens (including phenoxy) is 1. The zero-order chi connectivity index (χ0) is 12.3. The summed E-state index contributed by atoms with van der Waals surface area (Å²) in [5.74, 6) is 1.17. The molecule has 6 heteroatoms. The number of piperidine rings is 1. The Morgan fingerprint density at radius 1 is 1.47 bits per heavy atom. The molecule has 1 aliphatic heterocycles. The van der Waals surface area contributed by atoms with Crippen molar-refractivity contribution in [3.05, 3.63) is 12.4 Å². The van der Waals surface area contributed by atoms with Gasteiger partial charge in [-0.2, -0.15) is 0 Å². The Hall–Kier alpha value is -1.85. The molecule has 2 heterocycles. The second-order valence-corrected chi connectivity index (χ2v) is 4.09. The summed E-state index contributed by atoms with van der Waals surface area (Å²) >= 11 is 0. The lowest BCUT2D eigenvalue weighted by Crippen LogP contribution is -2.37. The van der Waals surface area contributed by atoms with Crippen LogP contribution < -0.4 is 10.6 Å². The highest BCUT2D eigenvalue weighted by Gasteiger charge is 2.26. The zero-order valence-corrected chi connectivity index (χ0v) is 9.80. The summed E-state index contributed by atoms with van der Waals surface area (Å²) in [7, 11) is 1.43. The van der Waals surface area contributed by atoms with Crippen molar-refractivity contribution in [2.24, 2.45) is 5.92 Å². The number of carbonyl (C=O) groups excluding carboxylic acids is 1. The second kappa shape index (κ2) is 4.99. The average molecular weight is 236 g/mol. The van der Waals surface area contributed by atoms with Crippen LogP contribution in [0.15, 0.2) is 12.4 Å². The maximum absolute atomic E-state index is 11.4. The van der Waals surface area contributed by atoms with Crippen LogP contribution in [0.2, 0.25) is 0 Å². The lowest BCUT2D eigenvalue weighted by molar-refractivity contribution is -0.146. The zero-order valence-electron chi connectivity index (χ0n) is 9.80. The minimum absolute atomic E-state index is 0.00966. The van der Waals surface area contributed by atoms with Gasteiger partial charge in [-0.25, -0.2) is 9.97 Å². The maximum atomic E-state index is 11.4. The molecule has 17 heavy (non-hydrogen) atoms. The third kappa shape index (κ3) is 2.64. The number of nitrogens with zero attached hydrogens (tertiary/aromatic N) is 3. The molecule has 0 spiro atoms. The first kappa shape index (κ1) is 11.6. The minimum Gasteiger partial charge on any atom is -0.469 e. The average Bonchev–Trinajstić information content (AvgIpc) is 2.38. The highest BCUT2D eigenvalue weighted by molar-refractivity contribution is 5.72. The van der Waals surface area contributed by atoms with Gasteiger partial charge >= 0.3 is 5.97 Å². The number of methoxy groups -OCH3 is 1. The summed E-state index contributed by atoms with van der Waals surface area (Å²) in [5.41, 5.74) is 5.61. The van der Waals surface area contributed by atoms with E-state index < -0.39 is 0 Å². The van der Waals surface area contributed by atoms with Crippen molar-refractivity contribution in [1.29, 1.82) is 0 Å². The van der Waals surface area contributed by atoms with E-state index in [0.29, 0.717) is 5.82 Å². The van der Waals surface area contributed by atoms with Crippen LogP contribution in [0.25, 0.3) is 0 Å². The minimum atomic E-state index is -0.119. The number of nitrogens with two attached hydrogens (primary N) is 1. The van der Waals surface area contributed by atoms with Gasteiger partial charge in [-0.15, -0.1) is 0 Å². The largest absolute Gasteiger partial charge is 0.469 e. The molecule has 92 valence electrons. The molecule has 1 aliphatic rings. The normalized spacial score (nSPS) is 16.9. The SMILES string of the molecule is COC(=O)C1CCN(c2cc(N)ncn2)CC1. The molecule has 0 aromatic carbocycles. The van der Waals surface area contributed by atoms with Crippen molar-refractivity contribution >= 4 is 17.6 Å². The van der Waals surface area contributed by atoms with Gasteiger partial charge in [0.1, 0.15) is 18.0 Å². The van der Waals surface area contributed by atoms with Gasteiger partial charge in [0.25, 0.3) is 0 Å². The quantitative estimate of drug-likeness (QED) is 0.751. The van der Waals surface area contributed by atoms with E-state index in [0.717, 1.165) is 31.7 Å². The molecule has 0 bridgehead atoms. The fourth-order valence-electron chi connectivity index (χ4n) is 2.05. The van der Waals surface area contributed by atoms with Gasteiger partial charge in [-0.3, -0.25) is 4.79 Å². The molecule has 1 aromatic heterocycles. The number of rotatable bonds is 2. The third-order valence-corrected chi connectivity index (χ3v) is 3.03. The van der Waals surface area contributed by atoms with Crippen LogP contribution in [0, 0.1) is 5.92 Å². The molecule has 0 amide bonds. The second-order valence-electron chi connectivity index (χ2n) is 4.09. The van der Waals surface area contributed by atoms with Gasteiger partial charge in [-0.05, 0) is 12.8 Å². The van der Waals surface area contributed by atoms with E-state index >= 15 is 0 Å². The molecule has 1 aromatic rings. The Labute approximate surface area is 99.8 Å². The molecule has 2 rings (SSSR count). The van der Waals surface area contributed by atoms with Gasteiger partial charge in [0.05, 0.1) is 13.0 Å². The monoisotopic (exact) mass is 236 g/mol. The summed E-state index contributed by atoms with van der Waals surface area (Å²) in [6.45, 7) is 1.58. The van der Waals surface area contributed by atoms with Crippen molar-refractivity contribution in [2.75, 3.05) is 30.8 Å². The third-order valence-electron chi connectivity index (χ3n) is 3.03. The van der Waals surface area contributed by atoms with Crippen LogP contribution in [0.5, 0.6) is 0 Å². The predicted molar refractivity (Wildman–Crippen MR) is 63.4 cm³/mol. The Bertz CT molecular complexity index is 402. The van der Waals surface area contributed by atoms with E-state index in [2.05, 4.69) is 14.9 Å². The molecule has 0 radical (unpaired) electrons. The molecule has 0 unspecified atom stereocenters. The van der Waals surface area contributed by atoms with Crippen molar-refractivity contribution in [3.63, 3.8) is 0 Å². The van der Waals surface area contributed by atoms with E-state index in [1.807, 2.05) is 0 Å². The fraction of sp³-hybridized carbons (Fsp3) is 0.545. The summed E-state index contributed by atoms with van der Waals surface area (Å²) in [5, 5.41) is 0. The van der Waals surface area contributed by atoms with E-state index in [4.69, 9.17) is 10.5 Å². The first-order chi connectivity index (χ1) is 8.20. The molecule has 2 N–H and O–H groups in total. The molecule has 1 saturated heterocycles. The van der Waals surface area contributed by atoms with Crippen molar-refractivity contribution < 1.29 is 9.53 Å². The molecule has 1 fully saturated rings. The molecule has 0 saturated carbocycles. The van der Waals surface area contributed by atoms with E-state index in [1.165, 1.54) is 13.4 Å².